The molecule has 1 aliphatic rings. The van der Waals surface area contributed by atoms with E-state index in [1.54, 1.807) is 24.4 Å². The van der Waals surface area contributed by atoms with Gasteiger partial charge in [0.25, 0.3) is 11.5 Å². The lowest BCUT2D eigenvalue weighted by Gasteiger charge is -2.28. The number of aromatic nitrogens is 2. The van der Waals surface area contributed by atoms with Gasteiger partial charge in [0.05, 0.1) is 22.5 Å². The van der Waals surface area contributed by atoms with Crippen LogP contribution in [0.1, 0.15) is 10.4 Å². The van der Waals surface area contributed by atoms with Gasteiger partial charge in [-0.1, -0.05) is 30.3 Å². The third kappa shape index (κ3) is 3.09. The number of halogens is 2. The van der Waals surface area contributed by atoms with E-state index < -0.39 is 0 Å². The molecular formula is C20H18Cl2N4O2. The highest BCUT2D eigenvalue weighted by molar-refractivity contribution is 6.07. The molecule has 1 aliphatic heterocycles. The summed E-state index contributed by atoms with van der Waals surface area (Å²) in [6, 6.07) is 15.1. The van der Waals surface area contributed by atoms with Crippen LogP contribution >= 0.6 is 24.8 Å². The molecule has 3 heterocycles. The van der Waals surface area contributed by atoms with Crippen LogP contribution in [0.25, 0.3) is 27.3 Å². The minimum atomic E-state index is -0.207. The minimum absolute atomic E-state index is 0. The lowest BCUT2D eigenvalue weighted by Crippen LogP contribution is -2.57. The molecule has 4 aromatic rings. The highest BCUT2D eigenvalue weighted by Crippen LogP contribution is 2.23. The number of fused-ring (bicyclic) bond motifs is 4. The molecule has 28 heavy (non-hydrogen) atoms. The number of carbonyl (C=O) groups is 1. The summed E-state index contributed by atoms with van der Waals surface area (Å²) in [6.07, 6.45) is 1.65. The van der Waals surface area contributed by atoms with E-state index in [1.165, 1.54) is 4.40 Å². The van der Waals surface area contributed by atoms with Crippen molar-refractivity contribution in [3.63, 3.8) is 0 Å². The van der Waals surface area contributed by atoms with E-state index in [1.807, 2.05) is 30.3 Å². The fourth-order valence-electron chi connectivity index (χ4n) is 3.39. The molecule has 1 amide bonds. The van der Waals surface area contributed by atoms with E-state index in [0.717, 1.165) is 23.9 Å². The van der Waals surface area contributed by atoms with Crippen LogP contribution in [0, 0.1) is 0 Å². The highest BCUT2D eigenvalue weighted by Gasteiger charge is 2.22. The molecule has 0 unspecified atom stereocenters. The molecule has 0 saturated carbocycles. The molecule has 144 valence electrons. The van der Waals surface area contributed by atoms with Crippen LogP contribution in [-0.4, -0.2) is 34.4 Å². The van der Waals surface area contributed by atoms with Crippen molar-refractivity contribution in [2.75, 3.05) is 13.1 Å². The van der Waals surface area contributed by atoms with Gasteiger partial charge in [0.2, 0.25) is 0 Å². The second kappa shape index (κ2) is 7.75. The first-order chi connectivity index (χ1) is 12.7. The quantitative estimate of drug-likeness (QED) is 0.388. The van der Waals surface area contributed by atoms with E-state index in [-0.39, 0.29) is 42.3 Å². The van der Waals surface area contributed by atoms with Gasteiger partial charge in [-0.15, -0.1) is 24.8 Å². The van der Waals surface area contributed by atoms with Gasteiger partial charge in [0.15, 0.2) is 5.65 Å². The van der Waals surface area contributed by atoms with Crippen molar-refractivity contribution in [3.05, 3.63) is 70.6 Å². The average Bonchev–Trinajstić information content (AvgIpc) is 2.64. The topological polar surface area (TPSA) is 75.5 Å². The summed E-state index contributed by atoms with van der Waals surface area (Å²) < 4.78 is 1.45. The van der Waals surface area contributed by atoms with E-state index in [9.17, 15) is 9.59 Å². The van der Waals surface area contributed by atoms with Gasteiger partial charge in [-0.05, 0) is 23.6 Å². The maximum atomic E-state index is 13.0. The number of carbonyl (C=O) groups excluding carboxylic acids is 1. The van der Waals surface area contributed by atoms with Crippen molar-refractivity contribution >= 4 is 58.0 Å². The van der Waals surface area contributed by atoms with Crippen molar-refractivity contribution in [1.29, 1.82) is 0 Å². The molecule has 6 nitrogen and oxygen atoms in total. The van der Waals surface area contributed by atoms with Gasteiger partial charge < -0.3 is 10.6 Å². The molecular weight excluding hydrogens is 399 g/mol. The Hall–Kier alpha value is -2.67. The standard InChI is InChI=1S/C20H16N4O2.2ClH/c25-19(22-13-10-21-11-13)16-6-3-9-24-18(16)23-17-14-5-2-1-4-12(14)7-8-15(17)20(24)26;;/h1-9,13,21H,10-11H2,(H,22,25);2*1H. The zero-order valence-corrected chi connectivity index (χ0v) is 16.3. The van der Waals surface area contributed by atoms with Crippen LogP contribution in [-0.2, 0) is 0 Å². The second-order valence-electron chi connectivity index (χ2n) is 6.54. The molecule has 2 N–H and O–H groups in total. The Kier molecular flexibility index (Phi) is 5.56. The number of rotatable bonds is 2. The molecule has 1 saturated heterocycles. The Morgan fingerprint density at radius 2 is 1.82 bits per heavy atom. The Balaban J connectivity index is 0.00000112. The lowest BCUT2D eigenvalue weighted by atomic mass is 10.1. The van der Waals surface area contributed by atoms with Gasteiger partial charge in [0, 0.05) is 24.7 Å². The number of hydrogen-bond acceptors (Lipinski definition) is 4. The molecule has 8 heteroatoms. The Labute approximate surface area is 172 Å². The third-order valence-electron chi connectivity index (χ3n) is 4.90. The van der Waals surface area contributed by atoms with Crippen LogP contribution in [0.15, 0.2) is 59.5 Å². The monoisotopic (exact) mass is 416 g/mol. The van der Waals surface area contributed by atoms with Crippen molar-refractivity contribution in [1.82, 2.24) is 20.0 Å². The normalized spacial score (nSPS) is 13.6. The fraction of sp³-hybridized carbons (Fsp3) is 0.150. The predicted molar refractivity (Wildman–Crippen MR) is 115 cm³/mol. The molecule has 1 fully saturated rings. The van der Waals surface area contributed by atoms with Crippen LogP contribution in [0.2, 0.25) is 0 Å². The van der Waals surface area contributed by atoms with Gasteiger partial charge in [0.1, 0.15) is 0 Å². The SMILES string of the molecule is Cl.Cl.O=C(NC1CNC1)c1cccn2c(=O)c3ccc4ccccc4c3nc12. The minimum Gasteiger partial charge on any atom is -0.347 e. The van der Waals surface area contributed by atoms with E-state index in [0.29, 0.717) is 22.1 Å². The van der Waals surface area contributed by atoms with E-state index in [2.05, 4.69) is 10.6 Å². The summed E-state index contributed by atoms with van der Waals surface area (Å²) in [5, 5.41) is 8.56. The molecule has 5 rings (SSSR count). The van der Waals surface area contributed by atoms with Gasteiger partial charge in [-0.3, -0.25) is 14.0 Å². The van der Waals surface area contributed by atoms with Gasteiger partial charge in [-0.25, -0.2) is 4.98 Å². The summed E-state index contributed by atoms with van der Waals surface area (Å²) in [5.74, 6) is -0.207. The van der Waals surface area contributed by atoms with Crippen molar-refractivity contribution in [2.45, 2.75) is 6.04 Å². The number of amides is 1. The predicted octanol–water partition coefficient (Wildman–Crippen LogP) is 2.55. The van der Waals surface area contributed by atoms with Crippen molar-refractivity contribution < 1.29 is 4.79 Å². The maximum Gasteiger partial charge on any atom is 0.265 e. The van der Waals surface area contributed by atoms with Crippen LogP contribution in [0.3, 0.4) is 0 Å². The fourth-order valence-corrected chi connectivity index (χ4v) is 3.39. The maximum absolute atomic E-state index is 13.0. The molecule has 0 aliphatic carbocycles. The molecule has 0 spiro atoms. The highest BCUT2D eigenvalue weighted by atomic mass is 35.5. The number of nitrogens with zero attached hydrogens (tertiary/aromatic N) is 2. The van der Waals surface area contributed by atoms with Crippen LogP contribution < -0.4 is 16.2 Å². The first-order valence-corrected chi connectivity index (χ1v) is 8.57. The zero-order valence-electron chi connectivity index (χ0n) is 14.7. The first kappa shape index (κ1) is 20.1. The second-order valence-corrected chi connectivity index (χ2v) is 6.54. The first-order valence-electron chi connectivity index (χ1n) is 8.57. The van der Waals surface area contributed by atoms with Crippen molar-refractivity contribution in [2.24, 2.45) is 0 Å². The van der Waals surface area contributed by atoms with E-state index >= 15 is 0 Å². The van der Waals surface area contributed by atoms with Crippen molar-refractivity contribution in [3.8, 4) is 0 Å². The largest absolute Gasteiger partial charge is 0.347 e. The van der Waals surface area contributed by atoms with Gasteiger partial charge >= 0.3 is 0 Å². The number of hydrogen-bond donors (Lipinski definition) is 2. The molecule has 0 bridgehead atoms. The summed E-state index contributed by atoms with van der Waals surface area (Å²) in [4.78, 5) is 30.4. The molecule has 0 radical (unpaired) electrons. The summed E-state index contributed by atoms with van der Waals surface area (Å²) in [7, 11) is 0. The zero-order chi connectivity index (χ0) is 17.7. The third-order valence-corrected chi connectivity index (χ3v) is 4.90. The van der Waals surface area contributed by atoms with Crippen LogP contribution in [0.5, 0.6) is 0 Å². The smallest absolute Gasteiger partial charge is 0.265 e. The number of nitrogens with one attached hydrogen (secondary N) is 2. The van der Waals surface area contributed by atoms with Gasteiger partial charge in [-0.2, -0.15) is 0 Å². The summed E-state index contributed by atoms with van der Waals surface area (Å²) in [6.45, 7) is 1.52. The van der Waals surface area contributed by atoms with E-state index in [4.69, 9.17) is 4.98 Å². The lowest BCUT2D eigenvalue weighted by molar-refractivity contribution is 0.0925. The average molecular weight is 417 g/mol. The summed E-state index contributed by atoms with van der Waals surface area (Å²) >= 11 is 0. The Morgan fingerprint density at radius 3 is 2.57 bits per heavy atom. The Morgan fingerprint density at radius 1 is 1.04 bits per heavy atom. The molecule has 0 atom stereocenters. The summed E-state index contributed by atoms with van der Waals surface area (Å²) in [5.41, 5.74) is 1.24. The van der Waals surface area contributed by atoms with Crippen LogP contribution in [0.4, 0.5) is 0 Å². The number of benzene rings is 2. The number of pyridine rings is 1. The Bertz CT molecular complexity index is 1250. The molecule has 2 aromatic heterocycles. The molecule has 2 aromatic carbocycles.